The maximum atomic E-state index is 11.3. The van der Waals surface area contributed by atoms with Crippen LogP contribution in [0.25, 0.3) is 0 Å². The average Bonchev–Trinajstić information content (AvgIpc) is 2.70. The Morgan fingerprint density at radius 1 is 1.00 bits per heavy atom. The van der Waals surface area contributed by atoms with E-state index in [2.05, 4.69) is 0 Å². The van der Waals surface area contributed by atoms with Crippen molar-refractivity contribution < 1.29 is 50.3 Å². The topological polar surface area (TPSA) is 180 Å². The molecule has 3 aliphatic rings. The van der Waals surface area contributed by atoms with Crippen LogP contribution in [0.1, 0.15) is 46.5 Å². The highest BCUT2D eigenvalue weighted by Gasteiger charge is 2.64. The van der Waals surface area contributed by atoms with Crippen LogP contribution >= 0.6 is 0 Å². The van der Waals surface area contributed by atoms with Crippen molar-refractivity contribution in [2.45, 2.75) is 101 Å². The van der Waals surface area contributed by atoms with Gasteiger partial charge in [-0.1, -0.05) is 0 Å². The average molecular weight is 451 g/mol. The molecule has 182 valence electrons. The standard InChI is InChI=1S/C21H38O10/c1-19(2,28)10-4-7-21(9-23)12(24)5-6-20(3,29)17(21)16(10)31-18-15(27)14(26)13(25)11(8-22)30-18/h10-18,22-29H,4-9H2,1-3H3/t10-,11-,12+,13-,14+,15-,16?,17?,18+,20+,21+/m1/s1. The molecule has 1 aliphatic heterocycles. The molecule has 0 bridgehead atoms. The predicted molar refractivity (Wildman–Crippen MR) is 107 cm³/mol. The van der Waals surface area contributed by atoms with Gasteiger partial charge in [-0.3, -0.25) is 0 Å². The zero-order chi connectivity index (χ0) is 23.4. The minimum Gasteiger partial charge on any atom is -0.396 e. The number of ether oxygens (including phenoxy) is 2. The predicted octanol–water partition coefficient (Wildman–Crippen LogP) is -2.15. The Kier molecular flexibility index (Phi) is 7.12. The summed E-state index contributed by atoms with van der Waals surface area (Å²) in [4.78, 5) is 0. The molecule has 1 heterocycles. The SMILES string of the molecule is CC(C)(O)[C@@H]1CC[C@@]2(CO)C(C1O[C@@H]1O[C@H](CO)[C@@H](O)[C@H](O)[C@H]1O)[C@@](C)(O)CC[C@@H]2O. The molecule has 3 rings (SSSR count). The van der Waals surface area contributed by atoms with Gasteiger partial charge in [0.15, 0.2) is 6.29 Å². The van der Waals surface area contributed by atoms with E-state index < -0.39 is 84.6 Å². The van der Waals surface area contributed by atoms with Crippen LogP contribution in [0.3, 0.4) is 0 Å². The van der Waals surface area contributed by atoms with Crippen LogP contribution in [0.15, 0.2) is 0 Å². The number of hydrogen-bond donors (Lipinski definition) is 8. The molecule has 0 amide bonds. The smallest absolute Gasteiger partial charge is 0.186 e. The maximum absolute atomic E-state index is 11.3. The molecule has 0 radical (unpaired) electrons. The lowest BCUT2D eigenvalue weighted by Gasteiger charge is -2.61. The van der Waals surface area contributed by atoms with E-state index in [1.165, 1.54) is 0 Å². The van der Waals surface area contributed by atoms with Crippen molar-refractivity contribution in [2.24, 2.45) is 17.3 Å². The van der Waals surface area contributed by atoms with Gasteiger partial charge in [-0.2, -0.15) is 0 Å². The summed E-state index contributed by atoms with van der Waals surface area (Å²) < 4.78 is 11.6. The number of fused-ring (bicyclic) bond motifs is 1. The van der Waals surface area contributed by atoms with E-state index in [9.17, 15) is 40.9 Å². The molecule has 0 aromatic heterocycles. The van der Waals surface area contributed by atoms with Crippen molar-refractivity contribution in [3.63, 3.8) is 0 Å². The first kappa shape index (κ1) is 25.2. The second-order valence-corrected chi connectivity index (χ2v) is 10.4. The minimum atomic E-state index is -1.65. The molecule has 0 aromatic carbocycles. The molecule has 31 heavy (non-hydrogen) atoms. The summed E-state index contributed by atoms with van der Waals surface area (Å²) in [5.41, 5.74) is -3.70. The zero-order valence-electron chi connectivity index (χ0n) is 18.3. The van der Waals surface area contributed by atoms with Gasteiger partial charge >= 0.3 is 0 Å². The quantitative estimate of drug-likeness (QED) is 0.230. The molecular weight excluding hydrogens is 412 g/mol. The molecule has 1 saturated heterocycles. The van der Waals surface area contributed by atoms with Crippen LogP contribution in [-0.4, -0.2) is 108 Å². The highest BCUT2D eigenvalue weighted by Crippen LogP contribution is 2.58. The van der Waals surface area contributed by atoms with Crippen molar-refractivity contribution in [3.8, 4) is 0 Å². The van der Waals surface area contributed by atoms with Crippen molar-refractivity contribution in [2.75, 3.05) is 13.2 Å². The summed E-state index contributed by atoms with van der Waals surface area (Å²) in [6.07, 6.45) is -8.07. The Balaban J connectivity index is 2.01. The Labute approximate surface area is 182 Å². The summed E-state index contributed by atoms with van der Waals surface area (Å²) >= 11 is 0. The lowest BCUT2D eigenvalue weighted by molar-refractivity contribution is -0.345. The zero-order valence-corrected chi connectivity index (χ0v) is 18.3. The van der Waals surface area contributed by atoms with Gasteiger partial charge in [-0.25, -0.2) is 0 Å². The van der Waals surface area contributed by atoms with Crippen molar-refractivity contribution in [1.29, 1.82) is 0 Å². The monoisotopic (exact) mass is 450 g/mol. The van der Waals surface area contributed by atoms with Gasteiger partial charge in [-0.05, 0) is 46.5 Å². The van der Waals surface area contributed by atoms with E-state index in [0.717, 1.165) is 0 Å². The van der Waals surface area contributed by atoms with Crippen LogP contribution in [0.5, 0.6) is 0 Å². The Bertz CT molecular complexity index is 620. The van der Waals surface area contributed by atoms with Gasteiger partial charge in [0.05, 0.1) is 36.6 Å². The lowest BCUT2D eigenvalue weighted by Crippen LogP contribution is -2.69. The van der Waals surface area contributed by atoms with Gasteiger partial charge in [0, 0.05) is 17.3 Å². The normalized spacial score (nSPS) is 51.4. The minimum absolute atomic E-state index is 0.244. The summed E-state index contributed by atoms with van der Waals surface area (Å²) in [6.45, 7) is 3.78. The largest absolute Gasteiger partial charge is 0.396 e. The molecule has 10 heteroatoms. The summed E-state index contributed by atoms with van der Waals surface area (Å²) in [7, 11) is 0. The fourth-order valence-corrected chi connectivity index (χ4v) is 6.07. The van der Waals surface area contributed by atoms with Crippen LogP contribution in [0.4, 0.5) is 0 Å². The molecule has 0 spiro atoms. The van der Waals surface area contributed by atoms with E-state index in [0.29, 0.717) is 19.3 Å². The summed E-state index contributed by atoms with van der Waals surface area (Å²) in [6, 6.07) is 0. The molecule has 10 nitrogen and oxygen atoms in total. The fraction of sp³-hybridized carbons (Fsp3) is 1.00. The first-order chi connectivity index (χ1) is 14.3. The number of aliphatic hydroxyl groups is 8. The van der Waals surface area contributed by atoms with Gasteiger partial charge in [0.25, 0.3) is 0 Å². The molecule has 11 atom stereocenters. The third-order valence-corrected chi connectivity index (χ3v) is 7.86. The summed E-state index contributed by atoms with van der Waals surface area (Å²) in [5, 5.41) is 83.5. The highest BCUT2D eigenvalue weighted by molar-refractivity contribution is 5.12. The molecule has 2 saturated carbocycles. The fourth-order valence-electron chi connectivity index (χ4n) is 6.07. The third kappa shape index (κ3) is 4.28. The van der Waals surface area contributed by atoms with Crippen molar-refractivity contribution >= 4 is 0 Å². The van der Waals surface area contributed by atoms with Gasteiger partial charge < -0.3 is 50.3 Å². The second kappa shape index (κ2) is 8.75. The second-order valence-electron chi connectivity index (χ2n) is 10.4. The lowest BCUT2D eigenvalue weighted by atomic mass is 9.49. The van der Waals surface area contributed by atoms with Crippen molar-refractivity contribution in [3.05, 3.63) is 0 Å². The van der Waals surface area contributed by atoms with E-state index in [4.69, 9.17) is 9.47 Å². The third-order valence-electron chi connectivity index (χ3n) is 7.86. The number of rotatable bonds is 5. The highest BCUT2D eigenvalue weighted by atomic mass is 16.7. The van der Waals surface area contributed by atoms with Crippen molar-refractivity contribution in [1.82, 2.24) is 0 Å². The Morgan fingerprint density at radius 3 is 2.19 bits per heavy atom. The van der Waals surface area contributed by atoms with Crippen LogP contribution in [0.2, 0.25) is 0 Å². The van der Waals surface area contributed by atoms with E-state index in [1.807, 2.05) is 0 Å². The Hall–Kier alpha value is -0.400. The maximum Gasteiger partial charge on any atom is 0.186 e. The molecule has 2 aliphatic carbocycles. The van der Waals surface area contributed by atoms with Crippen LogP contribution in [-0.2, 0) is 9.47 Å². The molecule has 8 N–H and O–H groups in total. The van der Waals surface area contributed by atoms with Crippen LogP contribution in [0, 0.1) is 17.3 Å². The van der Waals surface area contributed by atoms with Crippen LogP contribution < -0.4 is 0 Å². The molecule has 2 unspecified atom stereocenters. The molecular formula is C21H38O10. The first-order valence-corrected chi connectivity index (χ1v) is 11.0. The number of hydrogen-bond acceptors (Lipinski definition) is 10. The molecule has 0 aromatic rings. The van der Waals surface area contributed by atoms with E-state index in [1.54, 1.807) is 20.8 Å². The van der Waals surface area contributed by atoms with E-state index in [-0.39, 0.29) is 6.42 Å². The summed E-state index contributed by atoms with van der Waals surface area (Å²) in [5.74, 6) is -1.37. The number of aliphatic hydroxyl groups excluding tert-OH is 6. The molecule has 3 fully saturated rings. The van der Waals surface area contributed by atoms with Gasteiger partial charge in [0.1, 0.15) is 24.4 Å². The van der Waals surface area contributed by atoms with Gasteiger partial charge in [-0.15, -0.1) is 0 Å². The van der Waals surface area contributed by atoms with Gasteiger partial charge in [0.2, 0.25) is 0 Å². The Morgan fingerprint density at radius 2 is 1.65 bits per heavy atom. The van der Waals surface area contributed by atoms with E-state index >= 15 is 0 Å². The first-order valence-electron chi connectivity index (χ1n) is 11.0.